The van der Waals surface area contributed by atoms with Crippen molar-refractivity contribution in [1.29, 1.82) is 0 Å². The maximum absolute atomic E-state index is 11.2. The molecule has 7 heteroatoms. The van der Waals surface area contributed by atoms with Gasteiger partial charge in [0.1, 0.15) is 0 Å². The standard InChI is InChI=1S/C9H10ClNO3S2/c1-5-3-7(6(2)15-5)8-4-9(12)11(8)16(10,13)14/h3,8H,4H2,1-2H3. The molecule has 1 amide bonds. The van der Waals surface area contributed by atoms with Gasteiger partial charge in [0.15, 0.2) is 0 Å². The molecule has 2 heterocycles. The number of carbonyl (C=O) groups excluding carboxylic acids is 1. The summed E-state index contributed by atoms with van der Waals surface area (Å²) in [6, 6.07) is 1.49. The summed E-state index contributed by atoms with van der Waals surface area (Å²) >= 11 is 1.58. The zero-order valence-corrected chi connectivity index (χ0v) is 11.1. The van der Waals surface area contributed by atoms with Crippen LogP contribution in [-0.4, -0.2) is 18.6 Å². The van der Waals surface area contributed by atoms with Crippen molar-refractivity contribution in [2.75, 3.05) is 0 Å². The Morgan fingerprint density at radius 2 is 2.12 bits per heavy atom. The predicted molar refractivity (Wildman–Crippen MR) is 62.8 cm³/mol. The van der Waals surface area contributed by atoms with Gasteiger partial charge in [-0.3, -0.25) is 4.79 Å². The van der Waals surface area contributed by atoms with E-state index in [1.54, 1.807) is 11.3 Å². The van der Waals surface area contributed by atoms with Crippen molar-refractivity contribution >= 4 is 37.2 Å². The maximum Gasteiger partial charge on any atom is 0.324 e. The Bertz CT molecular complexity index is 549. The van der Waals surface area contributed by atoms with Crippen molar-refractivity contribution in [2.45, 2.75) is 26.3 Å². The molecule has 2 rings (SSSR count). The van der Waals surface area contributed by atoms with Crippen LogP contribution in [0.5, 0.6) is 0 Å². The highest BCUT2D eigenvalue weighted by molar-refractivity contribution is 8.12. The molecule has 1 unspecified atom stereocenters. The molecule has 0 spiro atoms. The van der Waals surface area contributed by atoms with Gasteiger partial charge in [-0.2, -0.15) is 8.42 Å². The van der Waals surface area contributed by atoms with Crippen LogP contribution in [0, 0.1) is 13.8 Å². The summed E-state index contributed by atoms with van der Waals surface area (Å²) in [7, 11) is 1.25. The molecule has 0 aromatic carbocycles. The molecule has 0 N–H and O–H groups in total. The highest BCUT2D eigenvalue weighted by Crippen LogP contribution is 2.41. The summed E-state index contributed by atoms with van der Waals surface area (Å²) in [5.74, 6) is -0.441. The third-order valence-electron chi connectivity index (χ3n) is 2.57. The van der Waals surface area contributed by atoms with Gasteiger partial charge < -0.3 is 0 Å². The number of halogens is 1. The first-order valence-corrected chi connectivity index (χ1v) is 7.72. The lowest BCUT2D eigenvalue weighted by molar-refractivity contribution is -0.137. The van der Waals surface area contributed by atoms with Gasteiger partial charge in [0.05, 0.1) is 12.5 Å². The largest absolute Gasteiger partial charge is 0.324 e. The lowest BCUT2D eigenvalue weighted by Gasteiger charge is -2.37. The number of hydrogen-bond acceptors (Lipinski definition) is 4. The molecule has 88 valence electrons. The first-order valence-electron chi connectivity index (χ1n) is 4.64. The van der Waals surface area contributed by atoms with E-state index < -0.39 is 21.2 Å². The van der Waals surface area contributed by atoms with Crippen molar-refractivity contribution in [3.63, 3.8) is 0 Å². The quantitative estimate of drug-likeness (QED) is 0.615. The molecule has 0 radical (unpaired) electrons. The van der Waals surface area contributed by atoms with Crippen LogP contribution in [-0.2, 0) is 14.0 Å². The van der Waals surface area contributed by atoms with Gasteiger partial charge in [-0.15, -0.1) is 11.3 Å². The van der Waals surface area contributed by atoms with Crippen LogP contribution in [0.25, 0.3) is 0 Å². The maximum atomic E-state index is 11.2. The number of hydrogen-bond donors (Lipinski definition) is 0. The lowest BCUT2D eigenvalue weighted by atomic mass is 9.98. The molecule has 16 heavy (non-hydrogen) atoms. The molecule has 1 atom stereocenters. The van der Waals surface area contributed by atoms with Gasteiger partial charge in [-0.05, 0) is 25.5 Å². The van der Waals surface area contributed by atoms with E-state index in [9.17, 15) is 13.2 Å². The summed E-state index contributed by atoms with van der Waals surface area (Å²) in [6.45, 7) is 3.86. The number of thiophene rings is 1. The van der Waals surface area contributed by atoms with Crippen molar-refractivity contribution in [3.8, 4) is 0 Å². The third-order valence-corrected chi connectivity index (χ3v) is 4.93. The molecule has 4 nitrogen and oxygen atoms in total. The van der Waals surface area contributed by atoms with E-state index in [0.29, 0.717) is 0 Å². The highest BCUT2D eigenvalue weighted by atomic mass is 35.7. The summed E-state index contributed by atoms with van der Waals surface area (Å²) in [4.78, 5) is 13.4. The van der Waals surface area contributed by atoms with E-state index in [4.69, 9.17) is 10.7 Å². The van der Waals surface area contributed by atoms with Crippen LogP contribution in [0.15, 0.2) is 6.07 Å². The molecule has 1 saturated heterocycles. The van der Waals surface area contributed by atoms with Crippen molar-refractivity contribution in [3.05, 3.63) is 21.4 Å². The van der Waals surface area contributed by atoms with E-state index in [-0.39, 0.29) is 6.42 Å². The number of aryl methyl sites for hydroxylation is 2. The van der Waals surface area contributed by atoms with Crippen molar-refractivity contribution in [2.24, 2.45) is 0 Å². The molecule has 1 aliphatic heterocycles. The predicted octanol–water partition coefficient (Wildman–Crippen LogP) is 2.12. The van der Waals surface area contributed by atoms with E-state index in [1.165, 1.54) is 0 Å². The summed E-state index contributed by atoms with van der Waals surface area (Å²) in [5.41, 5.74) is 0.881. The monoisotopic (exact) mass is 279 g/mol. The molecule has 1 aromatic rings. The van der Waals surface area contributed by atoms with Crippen LogP contribution in [0.2, 0.25) is 0 Å². The zero-order valence-electron chi connectivity index (χ0n) is 8.73. The Balaban J connectivity index is 2.38. The minimum Gasteiger partial charge on any atom is -0.274 e. The van der Waals surface area contributed by atoms with Crippen LogP contribution in [0.3, 0.4) is 0 Å². The fourth-order valence-electron chi connectivity index (χ4n) is 1.89. The van der Waals surface area contributed by atoms with Gasteiger partial charge in [0.2, 0.25) is 5.91 Å². The summed E-state index contributed by atoms with van der Waals surface area (Å²) < 4.78 is 23.2. The SMILES string of the molecule is Cc1cc(C2CC(=O)N2S(=O)(=O)Cl)c(C)s1. The van der Waals surface area contributed by atoms with Crippen molar-refractivity contribution < 1.29 is 13.2 Å². The number of nitrogens with zero attached hydrogens (tertiary/aromatic N) is 1. The topological polar surface area (TPSA) is 54.5 Å². The first kappa shape index (κ1) is 11.9. The number of rotatable bonds is 2. The minimum atomic E-state index is -3.96. The van der Waals surface area contributed by atoms with Gasteiger partial charge in [0.25, 0.3) is 0 Å². The molecule has 0 bridgehead atoms. The molecule has 1 aromatic heterocycles. The summed E-state index contributed by atoms with van der Waals surface area (Å²) in [6.07, 6.45) is 0.211. The Morgan fingerprint density at radius 1 is 1.50 bits per heavy atom. The van der Waals surface area contributed by atoms with Crippen molar-refractivity contribution in [1.82, 2.24) is 4.31 Å². The third kappa shape index (κ3) is 1.85. The highest BCUT2D eigenvalue weighted by Gasteiger charge is 2.45. The molecule has 0 saturated carbocycles. The average Bonchev–Trinajstić information content (AvgIpc) is 2.37. The Kier molecular flexibility index (Phi) is 2.76. The van der Waals surface area contributed by atoms with Crippen LogP contribution in [0.4, 0.5) is 0 Å². The summed E-state index contributed by atoms with van der Waals surface area (Å²) in [5, 5.41) is 0. The number of amides is 1. The van der Waals surface area contributed by atoms with E-state index >= 15 is 0 Å². The van der Waals surface area contributed by atoms with Crippen LogP contribution in [0.1, 0.15) is 27.8 Å². The Labute approximate surface area is 102 Å². The Hall–Kier alpha value is -0.590. The fourth-order valence-corrected chi connectivity index (χ4v) is 4.20. The zero-order chi connectivity index (χ0) is 12.1. The minimum absolute atomic E-state index is 0.211. The van der Waals surface area contributed by atoms with Gasteiger partial charge >= 0.3 is 9.24 Å². The molecule has 1 fully saturated rings. The normalized spacial score (nSPS) is 21.1. The molecule has 1 aliphatic rings. The van der Waals surface area contributed by atoms with Gasteiger partial charge in [-0.1, -0.05) is 0 Å². The second-order valence-corrected chi connectivity index (χ2v) is 7.57. The van der Waals surface area contributed by atoms with Gasteiger partial charge in [0, 0.05) is 20.4 Å². The molecular weight excluding hydrogens is 270 g/mol. The smallest absolute Gasteiger partial charge is 0.274 e. The second kappa shape index (κ2) is 3.72. The van der Waals surface area contributed by atoms with Crippen LogP contribution < -0.4 is 0 Å². The lowest BCUT2D eigenvalue weighted by Crippen LogP contribution is -2.48. The molecule has 0 aliphatic carbocycles. The fraction of sp³-hybridized carbons (Fsp3) is 0.444. The molecular formula is C9H10ClNO3S2. The second-order valence-electron chi connectivity index (χ2n) is 3.72. The van der Waals surface area contributed by atoms with Crippen LogP contribution >= 0.6 is 22.0 Å². The first-order chi connectivity index (χ1) is 7.30. The average molecular weight is 280 g/mol. The van der Waals surface area contributed by atoms with E-state index in [2.05, 4.69) is 0 Å². The number of β-lactam (4-membered cyclic amide) rings is 1. The van der Waals surface area contributed by atoms with Gasteiger partial charge in [-0.25, -0.2) is 4.31 Å². The Morgan fingerprint density at radius 3 is 2.50 bits per heavy atom. The number of carbonyl (C=O) groups is 1. The van der Waals surface area contributed by atoms with E-state index in [0.717, 1.165) is 19.6 Å². The van der Waals surface area contributed by atoms with E-state index in [1.807, 2.05) is 19.9 Å².